The highest BCUT2D eigenvalue weighted by Crippen LogP contribution is 2.41. The van der Waals surface area contributed by atoms with Crippen LogP contribution in [0.4, 0.5) is 10.5 Å². The molecular weight excluding hydrogens is 428 g/mol. The number of nitrogens with one attached hydrogen (secondary N) is 3. The molecule has 0 saturated heterocycles. The number of amides is 4. The predicted molar refractivity (Wildman–Crippen MR) is 128 cm³/mol. The third-order valence-electron chi connectivity index (χ3n) is 4.43. The highest BCUT2D eigenvalue weighted by molar-refractivity contribution is 6.04. The molecule has 0 spiro atoms. The van der Waals surface area contributed by atoms with E-state index in [0.29, 0.717) is 31.5 Å². The topological polar surface area (TPSA) is 171 Å². The number of urea groups is 1. The van der Waals surface area contributed by atoms with Gasteiger partial charge in [-0.2, -0.15) is 0 Å². The van der Waals surface area contributed by atoms with Crippen LogP contribution >= 0.6 is 0 Å². The third kappa shape index (κ3) is 11.9. The second-order valence-electron chi connectivity index (χ2n) is 6.62. The average Bonchev–Trinajstić information content (AvgIpc) is 2.79. The summed E-state index contributed by atoms with van der Waals surface area (Å²) in [6.07, 6.45) is 2.24. The van der Waals surface area contributed by atoms with Gasteiger partial charge in [0, 0.05) is 12.2 Å². The molecule has 0 radical (unpaired) electrons. The lowest BCUT2D eigenvalue weighted by molar-refractivity contribution is -0.162. The Balaban J connectivity index is 0. The summed E-state index contributed by atoms with van der Waals surface area (Å²) in [6.45, 7) is 10.3. The van der Waals surface area contributed by atoms with Crippen molar-refractivity contribution in [1.82, 2.24) is 10.6 Å². The second-order valence-corrected chi connectivity index (χ2v) is 6.62. The molecule has 0 heterocycles. The van der Waals surface area contributed by atoms with Crippen molar-refractivity contribution in [3.05, 3.63) is 29.8 Å². The van der Waals surface area contributed by atoms with Crippen LogP contribution in [0.5, 0.6) is 0 Å². The first kappa shape index (κ1) is 32.0. The van der Waals surface area contributed by atoms with Gasteiger partial charge in [0.1, 0.15) is 5.41 Å². The molecular formula is C23H40N4O6. The van der Waals surface area contributed by atoms with Crippen LogP contribution < -0.4 is 21.7 Å². The lowest BCUT2D eigenvalue weighted by atomic mass is 9.68. The Morgan fingerprint density at radius 2 is 1.55 bits per heavy atom. The van der Waals surface area contributed by atoms with E-state index < -0.39 is 29.2 Å². The molecule has 0 bridgehead atoms. The smallest absolute Gasteiger partial charge is 0.319 e. The number of carboxylic acids is 1. The van der Waals surface area contributed by atoms with Gasteiger partial charge in [0.15, 0.2) is 0 Å². The first-order chi connectivity index (χ1) is 15.7. The number of rotatable bonds is 8. The average molecular weight is 469 g/mol. The van der Waals surface area contributed by atoms with Gasteiger partial charge in [-0.25, -0.2) is 4.79 Å². The van der Waals surface area contributed by atoms with Crippen LogP contribution in [0.25, 0.3) is 0 Å². The van der Waals surface area contributed by atoms with Gasteiger partial charge in [0.2, 0.25) is 11.8 Å². The largest absolute Gasteiger partial charge is 0.480 e. The van der Waals surface area contributed by atoms with Crippen LogP contribution in [0, 0.1) is 5.41 Å². The summed E-state index contributed by atoms with van der Waals surface area (Å²) in [5.41, 5.74) is 4.61. The molecule has 10 heteroatoms. The molecule has 1 aromatic rings. The van der Waals surface area contributed by atoms with Gasteiger partial charge in [0.05, 0.1) is 13.2 Å². The summed E-state index contributed by atoms with van der Waals surface area (Å²) in [5.74, 6) is -2.20. The number of aliphatic carboxylic acids is 1. The summed E-state index contributed by atoms with van der Waals surface area (Å²) in [4.78, 5) is 44.7. The van der Waals surface area contributed by atoms with E-state index in [1.165, 1.54) is 0 Å². The van der Waals surface area contributed by atoms with E-state index in [1.807, 2.05) is 34.6 Å². The third-order valence-corrected chi connectivity index (χ3v) is 4.43. The number of anilines is 1. The molecule has 0 atom stereocenters. The van der Waals surface area contributed by atoms with Crippen molar-refractivity contribution >= 4 is 29.5 Å². The summed E-state index contributed by atoms with van der Waals surface area (Å²) in [5, 5.41) is 25.4. The van der Waals surface area contributed by atoms with Gasteiger partial charge < -0.3 is 31.9 Å². The second kappa shape index (κ2) is 18.4. The molecule has 1 aromatic carbocycles. The van der Waals surface area contributed by atoms with Crippen LogP contribution in [-0.2, 0) is 21.0 Å². The summed E-state index contributed by atoms with van der Waals surface area (Å²) in [7, 11) is 0. The Labute approximate surface area is 196 Å². The number of carbonyl (C=O) groups excluding carboxylic acids is 3. The molecule has 1 fully saturated rings. The fourth-order valence-corrected chi connectivity index (χ4v) is 2.55. The maximum Gasteiger partial charge on any atom is 0.319 e. The molecule has 4 amide bonds. The van der Waals surface area contributed by atoms with E-state index >= 15 is 0 Å². The van der Waals surface area contributed by atoms with Crippen LogP contribution in [0.2, 0.25) is 0 Å². The molecule has 2 rings (SSSR count). The van der Waals surface area contributed by atoms with Gasteiger partial charge in [-0.05, 0) is 37.0 Å². The number of carbonyl (C=O) groups is 4. The van der Waals surface area contributed by atoms with Crippen molar-refractivity contribution < 1.29 is 29.4 Å². The molecule has 188 valence electrons. The fraction of sp³-hybridized carbons (Fsp3) is 0.565. The van der Waals surface area contributed by atoms with Crippen molar-refractivity contribution in [3.8, 4) is 0 Å². The van der Waals surface area contributed by atoms with Crippen molar-refractivity contribution in [2.45, 2.75) is 66.9 Å². The first-order valence-corrected chi connectivity index (χ1v) is 11.3. The minimum absolute atomic E-state index is 0.0818. The van der Waals surface area contributed by atoms with E-state index in [9.17, 15) is 19.2 Å². The van der Waals surface area contributed by atoms with Gasteiger partial charge in [-0.3, -0.25) is 14.4 Å². The number of hydrogen-bond acceptors (Lipinski definition) is 5. The highest BCUT2D eigenvalue weighted by atomic mass is 16.4. The van der Waals surface area contributed by atoms with Crippen LogP contribution in [0.3, 0.4) is 0 Å². The van der Waals surface area contributed by atoms with Crippen LogP contribution in [0.15, 0.2) is 24.3 Å². The standard InChI is InChI=1S/C15H18N2O5.C4H10N2O.2C2H6/c18-9-10-2-4-11(5-3-10)17-12(19)8-16-13(20)15(14(21)22)6-1-7-15;1-2-3-6-4(5)7;2*1-2/h2-5,18H,1,6-9H2,(H,16,20)(H,17,19)(H,21,22);2-3H2,1H3,(H3,5,6,7);2*1-2H3. The van der Waals surface area contributed by atoms with Crippen molar-refractivity contribution in [2.24, 2.45) is 11.1 Å². The zero-order valence-corrected chi connectivity index (χ0v) is 20.4. The maximum absolute atomic E-state index is 11.9. The molecule has 1 aliphatic rings. The van der Waals surface area contributed by atoms with E-state index in [2.05, 4.69) is 16.0 Å². The molecule has 33 heavy (non-hydrogen) atoms. The minimum atomic E-state index is -1.37. The number of aliphatic hydroxyl groups excluding tert-OH is 1. The van der Waals surface area contributed by atoms with E-state index in [-0.39, 0.29) is 13.2 Å². The summed E-state index contributed by atoms with van der Waals surface area (Å²) in [6, 6.07) is 6.16. The van der Waals surface area contributed by atoms with Gasteiger partial charge in [0.25, 0.3) is 0 Å². The van der Waals surface area contributed by atoms with Crippen LogP contribution in [0.1, 0.15) is 65.9 Å². The molecule has 1 saturated carbocycles. The Morgan fingerprint density at radius 3 is 1.88 bits per heavy atom. The van der Waals surface area contributed by atoms with Crippen molar-refractivity contribution in [2.75, 3.05) is 18.4 Å². The number of benzene rings is 1. The molecule has 1 aliphatic carbocycles. The summed E-state index contributed by atoms with van der Waals surface area (Å²) >= 11 is 0. The van der Waals surface area contributed by atoms with E-state index in [4.69, 9.17) is 15.9 Å². The number of nitrogens with two attached hydrogens (primary N) is 1. The van der Waals surface area contributed by atoms with Crippen LogP contribution in [-0.4, -0.2) is 47.1 Å². The first-order valence-electron chi connectivity index (χ1n) is 11.3. The molecule has 7 N–H and O–H groups in total. The zero-order valence-electron chi connectivity index (χ0n) is 20.4. The number of primary amides is 1. The Morgan fingerprint density at radius 1 is 1.00 bits per heavy atom. The lowest BCUT2D eigenvalue weighted by Gasteiger charge is -2.35. The molecule has 10 nitrogen and oxygen atoms in total. The Hall–Kier alpha value is -3.14. The quantitative estimate of drug-likeness (QED) is 0.320. The van der Waals surface area contributed by atoms with Crippen molar-refractivity contribution in [1.29, 1.82) is 0 Å². The van der Waals surface area contributed by atoms with Crippen molar-refractivity contribution in [3.63, 3.8) is 0 Å². The van der Waals surface area contributed by atoms with E-state index in [1.54, 1.807) is 24.3 Å². The molecule has 0 unspecified atom stereocenters. The fourth-order valence-electron chi connectivity index (χ4n) is 2.55. The number of hydrogen-bond donors (Lipinski definition) is 6. The van der Waals surface area contributed by atoms with E-state index in [0.717, 1.165) is 12.0 Å². The number of carboxylic acid groups (broad SMARTS) is 1. The zero-order chi connectivity index (χ0) is 25.9. The Bertz CT molecular complexity index is 718. The monoisotopic (exact) mass is 468 g/mol. The minimum Gasteiger partial charge on any atom is -0.480 e. The van der Waals surface area contributed by atoms with Gasteiger partial charge >= 0.3 is 12.0 Å². The normalized spacial score (nSPS) is 12.4. The number of aliphatic hydroxyl groups is 1. The molecule has 0 aliphatic heterocycles. The van der Waals surface area contributed by atoms with Gasteiger partial charge in [-0.15, -0.1) is 0 Å². The Kier molecular flexibility index (Phi) is 17.9. The molecule has 0 aromatic heterocycles. The highest BCUT2D eigenvalue weighted by Gasteiger charge is 2.51. The lowest BCUT2D eigenvalue weighted by Crippen LogP contribution is -2.52. The predicted octanol–water partition coefficient (Wildman–Crippen LogP) is 2.61. The summed E-state index contributed by atoms with van der Waals surface area (Å²) < 4.78 is 0. The van der Waals surface area contributed by atoms with Gasteiger partial charge in [-0.1, -0.05) is 53.2 Å². The SMILES string of the molecule is CC.CC.CCCNC(N)=O.O=C(CNC(=O)C1(C(=O)O)CCC1)Nc1ccc(CO)cc1. The maximum atomic E-state index is 11.9.